The Kier molecular flexibility index (Phi) is 10.9. The fraction of sp³-hybridized carbons (Fsp3) is 0.483. The Morgan fingerprint density at radius 1 is 1.07 bits per heavy atom. The van der Waals surface area contributed by atoms with E-state index < -0.39 is 16.3 Å². The maximum Gasteiger partial charge on any atom is 0.286 e. The maximum absolute atomic E-state index is 13.2. The van der Waals surface area contributed by atoms with Crippen molar-refractivity contribution in [1.82, 2.24) is 9.62 Å². The highest BCUT2D eigenvalue weighted by atomic mass is 35.5. The van der Waals surface area contributed by atoms with Gasteiger partial charge in [0.15, 0.2) is 5.76 Å². The Labute approximate surface area is 241 Å². The van der Waals surface area contributed by atoms with Crippen LogP contribution < -0.4 is 10.1 Å². The number of rotatable bonds is 12. The number of nitrogens with one attached hydrogen (secondary N) is 1. The zero-order valence-corrected chi connectivity index (χ0v) is 24.2. The van der Waals surface area contributed by atoms with E-state index in [0.717, 1.165) is 31.2 Å². The minimum atomic E-state index is -3.88. The van der Waals surface area contributed by atoms with Crippen LogP contribution in [0.15, 0.2) is 65.3 Å². The highest BCUT2D eigenvalue weighted by molar-refractivity contribution is 7.89. The highest BCUT2D eigenvalue weighted by Gasteiger charge is 2.31. The number of allylic oxidation sites excluding steroid dienone is 1. The van der Waals surface area contributed by atoms with Gasteiger partial charge in [-0.05, 0) is 60.9 Å². The third-order valence-corrected chi connectivity index (χ3v) is 9.38. The number of benzene rings is 2. The summed E-state index contributed by atoms with van der Waals surface area (Å²) in [6, 6.07) is 13.6. The number of hydrogen-bond acceptors (Lipinski definition) is 7. The molecule has 1 saturated carbocycles. The number of amides is 1. The zero-order chi connectivity index (χ0) is 28.5. The quantitative estimate of drug-likeness (QED) is 0.379. The molecule has 1 heterocycles. The Hall–Kier alpha value is -2.63. The van der Waals surface area contributed by atoms with Crippen molar-refractivity contribution in [3.8, 4) is 5.75 Å². The van der Waals surface area contributed by atoms with Crippen LogP contribution in [-0.4, -0.2) is 69.5 Å². The summed E-state index contributed by atoms with van der Waals surface area (Å²) in [5.41, 5.74) is 0.966. The number of methoxy groups -OCH3 is 1. The molecule has 0 unspecified atom stereocenters. The Morgan fingerprint density at radius 2 is 1.77 bits per heavy atom. The van der Waals surface area contributed by atoms with E-state index in [0.29, 0.717) is 17.2 Å². The summed E-state index contributed by atoms with van der Waals surface area (Å²) in [5, 5.41) is 13.2. The first-order chi connectivity index (χ1) is 19.3. The molecule has 2 aromatic carbocycles. The first-order valence-electron chi connectivity index (χ1n) is 13.6. The van der Waals surface area contributed by atoms with Crippen molar-refractivity contribution in [2.75, 3.05) is 33.4 Å². The second-order valence-electron chi connectivity index (χ2n) is 9.95. The lowest BCUT2D eigenvalue weighted by Gasteiger charge is -2.31. The predicted octanol–water partition coefficient (Wildman–Crippen LogP) is 4.21. The monoisotopic (exact) mass is 592 g/mol. The van der Waals surface area contributed by atoms with E-state index in [4.69, 9.17) is 25.8 Å². The van der Waals surface area contributed by atoms with Crippen molar-refractivity contribution in [1.29, 1.82) is 0 Å². The molecule has 9 nitrogen and oxygen atoms in total. The fourth-order valence-corrected chi connectivity index (χ4v) is 6.55. The molecule has 1 aliphatic carbocycles. The summed E-state index contributed by atoms with van der Waals surface area (Å²) in [6.45, 7) is -0.438. The molecule has 2 atom stereocenters. The number of sulfonamides is 1. The van der Waals surface area contributed by atoms with Crippen molar-refractivity contribution in [3.63, 3.8) is 0 Å². The molecule has 1 fully saturated rings. The first kappa shape index (κ1) is 30.3. The lowest BCUT2D eigenvalue weighted by molar-refractivity contribution is -0.147. The zero-order valence-electron chi connectivity index (χ0n) is 22.6. The minimum Gasteiger partial charge on any atom is -0.497 e. The summed E-state index contributed by atoms with van der Waals surface area (Å²) in [7, 11) is -2.38. The number of aliphatic hydroxyl groups is 1. The lowest BCUT2D eigenvalue weighted by atomic mass is 9.92. The molecule has 2 aliphatic rings. The van der Waals surface area contributed by atoms with E-state index >= 15 is 0 Å². The van der Waals surface area contributed by atoms with Gasteiger partial charge in [0.05, 0.1) is 25.2 Å². The SMILES string of the molecule is COc1ccc(S(=O)(=O)N(CCO)CCO[C@@H]2C[C@H](c3ccc(Cl)cc3)C=C(C(=O)NC3CCCCC3)O2)cc1. The highest BCUT2D eigenvalue weighted by Crippen LogP contribution is 2.32. The number of carbonyl (C=O) groups is 1. The van der Waals surface area contributed by atoms with Gasteiger partial charge < -0.3 is 24.6 Å². The normalized spacial score (nSPS) is 20.1. The first-order valence-corrected chi connectivity index (χ1v) is 15.4. The Balaban J connectivity index is 1.44. The van der Waals surface area contributed by atoms with Crippen molar-refractivity contribution in [2.24, 2.45) is 0 Å². The molecule has 2 aromatic rings. The summed E-state index contributed by atoms with van der Waals surface area (Å²) in [4.78, 5) is 13.2. The Bertz CT molecular complexity index is 1250. The van der Waals surface area contributed by atoms with Crippen LogP contribution in [0.3, 0.4) is 0 Å². The molecule has 4 rings (SSSR count). The van der Waals surface area contributed by atoms with Gasteiger partial charge >= 0.3 is 0 Å². The third-order valence-electron chi connectivity index (χ3n) is 7.21. The van der Waals surface area contributed by atoms with Crippen LogP contribution in [0.1, 0.15) is 50.0 Å². The van der Waals surface area contributed by atoms with E-state index in [1.54, 1.807) is 24.3 Å². The van der Waals surface area contributed by atoms with E-state index in [2.05, 4.69) is 5.32 Å². The van der Waals surface area contributed by atoms with E-state index in [1.165, 1.54) is 30.0 Å². The minimum absolute atomic E-state index is 0.00487. The molecule has 0 radical (unpaired) electrons. The number of aliphatic hydroxyl groups excluding tert-OH is 1. The third kappa shape index (κ3) is 7.98. The van der Waals surface area contributed by atoms with Gasteiger partial charge in [-0.3, -0.25) is 4.79 Å². The molecule has 40 heavy (non-hydrogen) atoms. The smallest absolute Gasteiger partial charge is 0.286 e. The molecule has 0 bridgehead atoms. The molecule has 2 N–H and O–H groups in total. The molecule has 218 valence electrons. The summed E-state index contributed by atoms with van der Waals surface area (Å²) >= 11 is 6.08. The molecular formula is C29H37ClN2O7S. The molecular weight excluding hydrogens is 556 g/mol. The van der Waals surface area contributed by atoms with E-state index in [9.17, 15) is 18.3 Å². The molecule has 0 aromatic heterocycles. The largest absolute Gasteiger partial charge is 0.497 e. The van der Waals surface area contributed by atoms with Crippen molar-refractivity contribution in [3.05, 3.63) is 71.0 Å². The summed E-state index contributed by atoms with van der Waals surface area (Å²) in [5.74, 6) is 0.305. The predicted molar refractivity (Wildman–Crippen MR) is 152 cm³/mol. The van der Waals surface area contributed by atoms with E-state index in [1.807, 2.05) is 18.2 Å². The number of carbonyl (C=O) groups excluding carboxylic acids is 1. The van der Waals surface area contributed by atoms with Crippen LogP contribution in [0.25, 0.3) is 0 Å². The molecule has 1 amide bonds. The van der Waals surface area contributed by atoms with Gasteiger partial charge in [0, 0.05) is 36.5 Å². The van der Waals surface area contributed by atoms with Gasteiger partial charge in [-0.1, -0.05) is 43.0 Å². The van der Waals surface area contributed by atoms with Gasteiger partial charge in [-0.25, -0.2) is 8.42 Å². The van der Waals surface area contributed by atoms with Gasteiger partial charge in [0.1, 0.15) is 5.75 Å². The van der Waals surface area contributed by atoms with Crippen LogP contribution in [0.5, 0.6) is 5.75 Å². The standard InChI is InChI=1S/C29H37ClN2O7S/c1-37-25-11-13-26(14-12-25)40(35,36)32(15-17-33)16-18-38-28-20-22(21-7-9-23(30)10-8-21)19-27(39-28)29(34)31-24-5-3-2-4-6-24/h7-14,19,22,24,28,33H,2-6,15-18,20H2,1H3,(H,31,34)/t22-,28+/m1/s1. The number of halogens is 1. The molecule has 1 aliphatic heterocycles. The van der Waals surface area contributed by atoms with Crippen LogP contribution in [0.4, 0.5) is 0 Å². The van der Waals surface area contributed by atoms with Crippen molar-refractivity contribution in [2.45, 2.75) is 61.7 Å². The summed E-state index contributed by atoms with van der Waals surface area (Å²) < 4.78 is 44.7. The van der Waals surface area contributed by atoms with Crippen LogP contribution in [0.2, 0.25) is 5.02 Å². The van der Waals surface area contributed by atoms with Crippen LogP contribution >= 0.6 is 11.6 Å². The lowest BCUT2D eigenvalue weighted by Crippen LogP contribution is -2.40. The van der Waals surface area contributed by atoms with Gasteiger partial charge in [0.25, 0.3) is 5.91 Å². The molecule has 0 saturated heterocycles. The number of nitrogens with zero attached hydrogens (tertiary/aromatic N) is 1. The number of hydrogen-bond donors (Lipinski definition) is 2. The summed E-state index contributed by atoms with van der Waals surface area (Å²) in [6.07, 6.45) is 6.74. The van der Waals surface area contributed by atoms with E-state index in [-0.39, 0.29) is 54.8 Å². The van der Waals surface area contributed by atoms with Gasteiger partial charge in [-0.2, -0.15) is 4.31 Å². The maximum atomic E-state index is 13.2. The topological polar surface area (TPSA) is 114 Å². The van der Waals surface area contributed by atoms with Gasteiger partial charge in [-0.15, -0.1) is 0 Å². The second-order valence-corrected chi connectivity index (χ2v) is 12.3. The Morgan fingerprint density at radius 3 is 2.42 bits per heavy atom. The molecule has 0 spiro atoms. The fourth-order valence-electron chi connectivity index (χ4n) is 5.01. The van der Waals surface area contributed by atoms with Crippen molar-refractivity contribution >= 4 is 27.5 Å². The van der Waals surface area contributed by atoms with Crippen LogP contribution in [0, 0.1) is 0 Å². The van der Waals surface area contributed by atoms with Crippen LogP contribution in [-0.2, 0) is 24.3 Å². The average molecular weight is 593 g/mol. The average Bonchev–Trinajstić information content (AvgIpc) is 2.97. The second kappa shape index (κ2) is 14.3. The number of ether oxygens (including phenoxy) is 3. The van der Waals surface area contributed by atoms with Gasteiger partial charge in [0.2, 0.25) is 16.3 Å². The van der Waals surface area contributed by atoms with Crippen molar-refractivity contribution < 1.29 is 32.5 Å². The molecule has 11 heteroatoms.